The number of aromatic amines is 1. The van der Waals surface area contributed by atoms with Crippen molar-refractivity contribution < 1.29 is 9.53 Å². The van der Waals surface area contributed by atoms with Crippen LogP contribution < -0.4 is 16.1 Å². The maximum absolute atomic E-state index is 12.5. The average Bonchev–Trinajstić information content (AvgIpc) is 2.62. The molecule has 1 saturated carbocycles. The third kappa shape index (κ3) is 3.96. The van der Waals surface area contributed by atoms with Crippen molar-refractivity contribution in [3.63, 3.8) is 0 Å². The number of piperidine rings is 1. The van der Waals surface area contributed by atoms with E-state index in [9.17, 15) is 14.4 Å². The van der Waals surface area contributed by atoms with Crippen LogP contribution in [-0.4, -0.2) is 35.2 Å². The number of nitrogens with one attached hydrogen (secondary N) is 1. The lowest BCUT2D eigenvalue weighted by Crippen LogP contribution is -2.44. The first-order valence-corrected chi connectivity index (χ1v) is 9.37. The van der Waals surface area contributed by atoms with Gasteiger partial charge in [0.15, 0.2) is 0 Å². The summed E-state index contributed by atoms with van der Waals surface area (Å²) in [5, 5.41) is 0. The van der Waals surface area contributed by atoms with E-state index in [2.05, 4.69) is 4.98 Å². The molecule has 138 valence electrons. The number of hydrogen-bond acceptors (Lipinski definition) is 5. The van der Waals surface area contributed by atoms with Gasteiger partial charge in [0.25, 0.3) is 5.56 Å². The topological polar surface area (TPSA) is 84.4 Å². The highest BCUT2D eigenvalue weighted by atomic mass is 16.5. The second kappa shape index (κ2) is 7.89. The Balaban J connectivity index is 1.80. The normalized spacial score (nSPS) is 22.0. The van der Waals surface area contributed by atoms with Gasteiger partial charge in [-0.2, -0.15) is 0 Å². The lowest BCUT2D eigenvalue weighted by molar-refractivity contribution is -0.148. The fourth-order valence-corrected chi connectivity index (χ4v) is 4.00. The molecule has 1 N–H and O–H groups in total. The monoisotopic (exact) mass is 349 g/mol. The molecule has 1 aliphatic heterocycles. The van der Waals surface area contributed by atoms with Crippen LogP contribution in [0.1, 0.15) is 57.9 Å². The highest BCUT2D eigenvalue weighted by Crippen LogP contribution is 2.26. The minimum atomic E-state index is -0.340. The molecule has 0 aromatic carbocycles. The Labute approximate surface area is 147 Å². The number of anilines is 1. The van der Waals surface area contributed by atoms with Gasteiger partial charge in [-0.1, -0.05) is 19.3 Å². The van der Waals surface area contributed by atoms with Gasteiger partial charge in [0.2, 0.25) is 0 Å². The van der Waals surface area contributed by atoms with Crippen LogP contribution in [0.15, 0.2) is 15.7 Å². The molecule has 0 spiro atoms. The van der Waals surface area contributed by atoms with E-state index in [0.29, 0.717) is 19.0 Å². The number of aromatic nitrogens is 2. The molecule has 0 radical (unpaired) electrons. The van der Waals surface area contributed by atoms with E-state index in [1.54, 1.807) is 6.92 Å². The molecule has 1 atom stereocenters. The summed E-state index contributed by atoms with van der Waals surface area (Å²) in [6.07, 6.45) is 6.67. The van der Waals surface area contributed by atoms with Gasteiger partial charge in [0, 0.05) is 25.2 Å². The lowest BCUT2D eigenvalue weighted by Gasteiger charge is -2.33. The Kier molecular flexibility index (Phi) is 5.60. The first-order chi connectivity index (χ1) is 12.1. The van der Waals surface area contributed by atoms with Crippen molar-refractivity contribution in [2.75, 3.05) is 24.6 Å². The van der Waals surface area contributed by atoms with Crippen LogP contribution in [0, 0.1) is 5.92 Å². The van der Waals surface area contributed by atoms with E-state index < -0.39 is 0 Å². The van der Waals surface area contributed by atoms with Gasteiger partial charge in [0.1, 0.15) is 5.82 Å². The third-order valence-corrected chi connectivity index (χ3v) is 5.27. The lowest BCUT2D eigenvalue weighted by atomic mass is 9.95. The molecular weight excluding hydrogens is 322 g/mol. The van der Waals surface area contributed by atoms with Gasteiger partial charge < -0.3 is 9.64 Å². The molecule has 1 aliphatic carbocycles. The number of rotatable bonds is 4. The molecule has 0 bridgehead atoms. The highest BCUT2D eigenvalue weighted by Gasteiger charge is 2.28. The SMILES string of the molecule is CCOC(=O)[C@@H]1CCCN(c2cc(=O)n(C3CCCCC3)c(=O)[nH]2)C1. The standard InChI is InChI=1S/C18H27N3O4/c1-2-25-17(23)13-7-6-10-20(12-13)15-11-16(22)21(18(24)19-15)14-8-4-3-5-9-14/h11,13-14H,2-10,12H2,1H3,(H,19,24)/t13-/m1/s1. The van der Waals surface area contributed by atoms with Gasteiger partial charge in [0.05, 0.1) is 12.5 Å². The smallest absolute Gasteiger partial charge is 0.330 e. The van der Waals surface area contributed by atoms with Crippen molar-refractivity contribution >= 4 is 11.8 Å². The summed E-state index contributed by atoms with van der Waals surface area (Å²) in [5.74, 6) is 0.0964. The summed E-state index contributed by atoms with van der Waals surface area (Å²) in [5.41, 5.74) is -0.587. The zero-order chi connectivity index (χ0) is 17.8. The molecule has 7 heteroatoms. The molecule has 1 aromatic heterocycles. The van der Waals surface area contributed by atoms with E-state index in [-0.39, 0.29) is 29.2 Å². The van der Waals surface area contributed by atoms with Gasteiger partial charge in [-0.3, -0.25) is 19.1 Å². The van der Waals surface area contributed by atoms with Crippen LogP contribution in [0.3, 0.4) is 0 Å². The highest BCUT2D eigenvalue weighted by molar-refractivity contribution is 5.73. The van der Waals surface area contributed by atoms with Crippen LogP contribution in [-0.2, 0) is 9.53 Å². The second-order valence-electron chi connectivity index (χ2n) is 7.00. The van der Waals surface area contributed by atoms with E-state index in [4.69, 9.17) is 4.74 Å². The van der Waals surface area contributed by atoms with Gasteiger partial charge >= 0.3 is 11.7 Å². The largest absolute Gasteiger partial charge is 0.466 e. The summed E-state index contributed by atoms with van der Waals surface area (Å²) in [7, 11) is 0. The predicted molar refractivity (Wildman–Crippen MR) is 95.0 cm³/mol. The molecular formula is C18H27N3O4. The number of carbonyl (C=O) groups is 1. The minimum Gasteiger partial charge on any atom is -0.466 e. The fourth-order valence-electron chi connectivity index (χ4n) is 4.00. The number of carbonyl (C=O) groups excluding carboxylic acids is 1. The fraction of sp³-hybridized carbons (Fsp3) is 0.722. The van der Waals surface area contributed by atoms with E-state index in [1.165, 1.54) is 17.1 Å². The number of H-pyrrole nitrogens is 1. The molecule has 7 nitrogen and oxygen atoms in total. The van der Waals surface area contributed by atoms with E-state index in [1.807, 2.05) is 4.90 Å². The zero-order valence-electron chi connectivity index (χ0n) is 14.8. The first-order valence-electron chi connectivity index (χ1n) is 9.37. The average molecular weight is 349 g/mol. The summed E-state index contributed by atoms with van der Waals surface area (Å²) in [4.78, 5) is 41.8. The van der Waals surface area contributed by atoms with Crippen molar-refractivity contribution in [1.82, 2.24) is 9.55 Å². The number of esters is 1. The van der Waals surface area contributed by atoms with Crippen molar-refractivity contribution in [2.24, 2.45) is 5.92 Å². The summed E-state index contributed by atoms with van der Waals surface area (Å²) < 4.78 is 6.48. The molecule has 2 fully saturated rings. The maximum Gasteiger partial charge on any atom is 0.330 e. The first kappa shape index (κ1) is 17.8. The van der Waals surface area contributed by atoms with Crippen LogP contribution in [0.2, 0.25) is 0 Å². The van der Waals surface area contributed by atoms with Crippen molar-refractivity contribution in [1.29, 1.82) is 0 Å². The predicted octanol–water partition coefficient (Wildman–Crippen LogP) is 1.82. The Morgan fingerprint density at radius 3 is 2.64 bits per heavy atom. The van der Waals surface area contributed by atoms with Crippen LogP contribution in [0.5, 0.6) is 0 Å². The maximum atomic E-state index is 12.5. The summed E-state index contributed by atoms with van der Waals surface area (Å²) >= 11 is 0. The Morgan fingerprint density at radius 2 is 1.96 bits per heavy atom. The zero-order valence-corrected chi connectivity index (χ0v) is 14.8. The van der Waals surface area contributed by atoms with Crippen molar-refractivity contribution in [3.05, 3.63) is 26.9 Å². The summed E-state index contributed by atoms with van der Waals surface area (Å²) in [6, 6.07) is 1.51. The molecule has 0 unspecified atom stereocenters. The second-order valence-corrected chi connectivity index (χ2v) is 7.00. The molecule has 3 rings (SSSR count). The van der Waals surface area contributed by atoms with E-state index in [0.717, 1.165) is 45.1 Å². The number of ether oxygens (including phenoxy) is 1. The van der Waals surface area contributed by atoms with Crippen molar-refractivity contribution in [2.45, 2.75) is 57.9 Å². The van der Waals surface area contributed by atoms with Crippen molar-refractivity contribution in [3.8, 4) is 0 Å². The molecule has 2 heterocycles. The Hall–Kier alpha value is -2.05. The van der Waals surface area contributed by atoms with Gasteiger partial charge in [-0.05, 0) is 32.6 Å². The molecule has 2 aliphatic rings. The van der Waals surface area contributed by atoms with Crippen LogP contribution in [0.25, 0.3) is 0 Å². The van der Waals surface area contributed by atoms with Gasteiger partial charge in [-0.15, -0.1) is 0 Å². The minimum absolute atomic E-state index is 0.00712. The van der Waals surface area contributed by atoms with Crippen LogP contribution in [0.4, 0.5) is 5.82 Å². The Bertz CT molecular complexity index is 687. The third-order valence-electron chi connectivity index (χ3n) is 5.27. The number of hydrogen-bond donors (Lipinski definition) is 1. The molecule has 0 amide bonds. The van der Waals surface area contributed by atoms with E-state index >= 15 is 0 Å². The quantitative estimate of drug-likeness (QED) is 0.838. The Morgan fingerprint density at radius 1 is 1.20 bits per heavy atom. The number of nitrogens with zero attached hydrogens (tertiary/aromatic N) is 2. The molecule has 1 aromatic rings. The molecule has 25 heavy (non-hydrogen) atoms. The summed E-state index contributed by atoms with van der Waals surface area (Å²) in [6.45, 7) is 3.35. The molecule has 1 saturated heterocycles. The van der Waals surface area contributed by atoms with Gasteiger partial charge in [-0.25, -0.2) is 4.79 Å². The van der Waals surface area contributed by atoms with Crippen LogP contribution >= 0.6 is 0 Å².